The van der Waals surface area contributed by atoms with Crippen LogP contribution in [0.1, 0.15) is 5.82 Å². The Bertz CT molecular complexity index is 847. The Labute approximate surface area is 126 Å². The average Bonchev–Trinajstić information content (AvgIpc) is 3.16. The number of nitrogens with zero attached hydrogens (tertiary/aromatic N) is 2. The van der Waals surface area contributed by atoms with E-state index in [0.29, 0.717) is 0 Å². The first-order valence-corrected chi connectivity index (χ1v) is 7.66. The van der Waals surface area contributed by atoms with Crippen LogP contribution < -0.4 is 0 Å². The predicted molar refractivity (Wildman–Crippen MR) is 86.5 cm³/mol. The summed E-state index contributed by atoms with van der Waals surface area (Å²) in [6.07, 6.45) is 0. The van der Waals surface area contributed by atoms with E-state index in [2.05, 4.69) is 39.6 Å². The summed E-state index contributed by atoms with van der Waals surface area (Å²) in [7, 11) is 0. The summed E-state index contributed by atoms with van der Waals surface area (Å²) >= 11 is 1.69. The van der Waals surface area contributed by atoms with Crippen molar-refractivity contribution in [2.24, 2.45) is 0 Å². The van der Waals surface area contributed by atoms with E-state index in [1.54, 1.807) is 11.3 Å². The zero-order chi connectivity index (χ0) is 14.2. The lowest BCUT2D eigenvalue weighted by molar-refractivity contribution is 1.06. The number of H-pyrrole nitrogens is 1. The maximum Gasteiger partial charge on any atom is 0.114 e. The van der Waals surface area contributed by atoms with Crippen LogP contribution in [-0.2, 0) is 0 Å². The van der Waals surface area contributed by atoms with Crippen LogP contribution in [0, 0.1) is 6.92 Å². The molecule has 1 aromatic carbocycles. The lowest BCUT2D eigenvalue weighted by Gasteiger charge is -2.06. The first kappa shape index (κ1) is 12.3. The lowest BCUT2D eigenvalue weighted by Crippen LogP contribution is -1.95. The molecule has 3 heterocycles. The fourth-order valence-corrected chi connectivity index (χ4v) is 3.19. The van der Waals surface area contributed by atoms with Gasteiger partial charge < -0.3 is 4.98 Å². The molecule has 0 spiro atoms. The molecule has 0 saturated heterocycles. The molecule has 0 atom stereocenters. The van der Waals surface area contributed by atoms with Crippen molar-refractivity contribution in [1.29, 1.82) is 0 Å². The van der Waals surface area contributed by atoms with Gasteiger partial charge in [-0.05, 0) is 24.4 Å². The Hall–Kier alpha value is -2.46. The molecular formula is C17H13N3S. The van der Waals surface area contributed by atoms with Crippen LogP contribution in [-0.4, -0.2) is 15.0 Å². The van der Waals surface area contributed by atoms with Gasteiger partial charge in [-0.3, -0.25) is 0 Å². The highest BCUT2D eigenvalue weighted by atomic mass is 32.1. The molecule has 0 radical (unpaired) electrons. The van der Waals surface area contributed by atoms with Crippen molar-refractivity contribution >= 4 is 11.3 Å². The van der Waals surface area contributed by atoms with Crippen molar-refractivity contribution in [1.82, 2.24) is 15.0 Å². The van der Waals surface area contributed by atoms with E-state index in [9.17, 15) is 0 Å². The van der Waals surface area contributed by atoms with Gasteiger partial charge >= 0.3 is 0 Å². The number of benzene rings is 1. The minimum Gasteiger partial charge on any atom is -0.342 e. The minimum absolute atomic E-state index is 0.901. The molecule has 21 heavy (non-hydrogen) atoms. The van der Waals surface area contributed by atoms with Crippen molar-refractivity contribution in [3.05, 3.63) is 59.7 Å². The number of thiophene rings is 1. The van der Waals surface area contributed by atoms with Crippen molar-refractivity contribution < 1.29 is 0 Å². The maximum absolute atomic E-state index is 4.79. The Morgan fingerprint density at radius 2 is 1.81 bits per heavy atom. The number of aromatic nitrogens is 3. The Balaban J connectivity index is 1.95. The molecule has 0 amide bonds. The zero-order valence-electron chi connectivity index (χ0n) is 11.5. The summed E-state index contributed by atoms with van der Waals surface area (Å²) in [6, 6.07) is 16.4. The topological polar surface area (TPSA) is 41.6 Å². The first-order chi connectivity index (χ1) is 10.3. The molecule has 1 aromatic heterocycles. The third-order valence-corrected chi connectivity index (χ3v) is 4.29. The number of aromatic amines is 1. The normalized spacial score (nSPS) is 11.1. The monoisotopic (exact) mass is 291 g/mol. The second kappa shape index (κ2) is 4.82. The average molecular weight is 291 g/mol. The van der Waals surface area contributed by atoms with Crippen LogP contribution in [0.4, 0.5) is 0 Å². The summed E-state index contributed by atoms with van der Waals surface area (Å²) in [5.41, 5.74) is 5.02. The lowest BCUT2D eigenvalue weighted by atomic mass is 10.1. The molecule has 0 saturated carbocycles. The number of hydrogen-bond donors (Lipinski definition) is 1. The molecular weight excluding hydrogens is 278 g/mol. The Morgan fingerprint density at radius 1 is 0.952 bits per heavy atom. The Morgan fingerprint density at radius 3 is 2.57 bits per heavy atom. The quantitative estimate of drug-likeness (QED) is 0.586. The van der Waals surface area contributed by atoms with Gasteiger partial charge in [0.2, 0.25) is 0 Å². The molecule has 0 unspecified atom stereocenters. The molecule has 4 rings (SSSR count). The number of nitrogens with one attached hydrogen (secondary N) is 1. The maximum atomic E-state index is 4.79. The number of aryl methyl sites for hydroxylation is 1. The van der Waals surface area contributed by atoms with E-state index in [4.69, 9.17) is 4.98 Å². The van der Waals surface area contributed by atoms with Crippen LogP contribution >= 0.6 is 11.3 Å². The number of hydrogen-bond acceptors (Lipinski definition) is 3. The van der Waals surface area contributed by atoms with E-state index in [-0.39, 0.29) is 0 Å². The summed E-state index contributed by atoms with van der Waals surface area (Å²) in [5.74, 6) is 0.901. The predicted octanol–water partition coefficient (Wildman–Crippen LogP) is 4.61. The van der Waals surface area contributed by atoms with Gasteiger partial charge in [0.25, 0.3) is 0 Å². The van der Waals surface area contributed by atoms with E-state index in [0.717, 1.165) is 39.0 Å². The smallest absolute Gasteiger partial charge is 0.114 e. The second-order valence-corrected chi connectivity index (χ2v) is 5.87. The van der Waals surface area contributed by atoms with Gasteiger partial charge in [0, 0.05) is 5.56 Å². The fourth-order valence-electron chi connectivity index (χ4n) is 2.48. The van der Waals surface area contributed by atoms with Crippen LogP contribution in [0.3, 0.4) is 0 Å². The summed E-state index contributed by atoms with van der Waals surface area (Å²) in [5, 5.41) is 2.07. The van der Waals surface area contributed by atoms with Crippen LogP contribution in [0.5, 0.6) is 0 Å². The van der Waals surface area contributed by atoms with Gasteiger partial charge in [-0.15, -0.1) is 11.3 Å². The van der Waals surface area contributed by atoms with Crippen molar-refractivity contribution in [2.45, 2.75) is 6.92 Å². The van der Waals surface area contributed by atoms with Crippen LogP contribution in [0.2, 0.25) is 0 Å². The molecule has 2 aromatic rings. The van der Waals surface area contributed by atoms with Gasteiger partial charge in [-0.25, -0.2) is 9.97 Å². The number of rotatable bonds is 2. The molecule has 1 N–H and O–H groups in total. The van der Waals surface area contributed by atoms with Crippen LogP contribution in [0.15, 0.2) is 53.9 Å². The van der Waals surface area contributed by atoms with Gasteiger partial charge in [0.1, 0.15) is 17.2 Å². The molecule has 0 aliphatic carbocycles. The SMILES string of the molecule is Cc1nc(-c2cccs2)c2nc(-c3ccccc3)cc-2[nH]1. The molecule has 102 valence electrons. The van der Waals surface area contributed by atoms with E-state index in [1.807, 2.05) is 31.2 Å². The van der Waals surface area contributed by atoms with Gasteiger partial charge in [0.05, 0.1) is 16.3 Å². The highest BCUT2D eigenvalue weighted by Crippen LogP contribution is 2.35. The summed E-state index contributed by atoms with van der Waals surface area (Å²) in [6.45, 7) is 1.98. The third-order valence-electron chi connectivity index (χ3n) is 3.41. The summed E-state index contributed by atoms with van der Waals surface area (Å²) in [4.78, 5) is 13.9. The minimum atomic E-state index is 0.901. The van der Waals surface area contributed by atoms with Crippen molar-refractivity contribution in [3.8, 4) is 33.2 Å². The number of fused-ring (bicyclic) bond motifs is 1. The fraction of sp³-hybridized carbons (Fsp3) is 0.0588. The second-order valence-electron chi connectivity index (χ2n) is 4.92. The van der Waals surface area contributed by atoms with Crippen molar-refractivity contribution in [2.75, 3.05) is 0 Å². The molecule has 0 bridgehead atoms. The van der Waals surface area contributed by atoms with Gasteiger partial charge in [-0.2, -0.15) is 0 Å². The Kier molecular flexibility index (Phi) is 2.82. The van der Waals surface area contributed by atoms with Gasteiger partial charge in [-0.1, -0.05) is 36.4 Å². The first-order valence-electron chi connectivity index (χ1n) is 6.78. The molecule has 2 aliphatic rings. The van der Waals surface area contributed by atoms with Crippen molar-refractivity contribution in [3.63, 3.8) is 0 Å². The largest absolute Gasteiger partial charge is 0.342 e. The molecule has 4 heteroatoms. The zero-order valence-corrected chi connectivity index (χ0v) is 12.3. The highest BCUT2D eigenvalue weighted by Gasteiger charge is 2.18. The van der Waals surface area contributed by atoms with E-state index >= 15 is 0 Å². The standard InChI is InChI=1S/C17H13N3S/c1-11-18-14-10-13(12-6-3-2-4-7-12)20-16(14)17(19-11)15-8-5-9-21-15/h2-10H,1H3,(H,18,19). The molecule has 3 nitrogen and oxygen atoms in total. The summed E-state index contributed by atoms with van der Waals surface area (Å²) < 4.78 is 0. The van der Waals surface area contributed by atoms with E-state index in [1.165, 1.54) is 0 Å². The van der Waals surface area contributed by atoms with Gasteiger partial charge in [0.15, 0.2) is 0 Å². The third kappa shape index (κ3) is 2.14. The van der Waals surface area contributed by atoms with Crippen LogP contribution in [0.25, 0.3) is 33.2 Å². The molecule has 0 fully saturated rings. The highest BCUT2D eigenvalue weighted by molar-refractivity contribution is 7.13. The molecule has 2 aliphatic heterocycles. The van der Waals surface area contributed by atoms with E-state index < -0.39 is 0 Å².